The molecule has 1 saturated carbocycles. The van der Waals surface area contributed by atoms with Gasteiger partial charge >= 0.3 is 0 Å². The van der Waals surface area contributed by atoms with Crippen LogP contribution in [-0.4, -0.2) is 98.1 Å². The third-order valence-electron chi connectivity index (χ3n) is 7.64. The van der Waals surface area contributed by atoms with Crippen molar-refractivity contribution in [2.75, 3.05) is 49.3 Å². The maximum atomic E-state index is 13.2. The van der Waals surface area contributed by atoms with Gasteiger partial charge in [-0.2, -0.15) is 5.10 Å². The second-order valence-electron chi connectivity index (χ2n) is 10.1. The third kappa shape index (κ3) is 5.12. The number of nitrogens with zero attached hydrogens (tertiary/aromatic N) is 7. The quantitative estimate of drug-likeness (QED) is 0.384. The monoisotopic (exact) mass is 558 g/mol. The highest BCUT2D eigenvalue weighted by molar-refractivity contribution is 8.14. The molecule has 0 aromatic carbocycles. The number of fused-ring (bicyclic) bond motifs is 3. The zero-order valence-electron chi connectivity index (χ0n) is 21.7. The fraction of sp³-hybridized carbons (Fsp3) is 0.680. The lowest BCUT2D eigenvalue weighted by Gasteiger charge is -2.37. The fourth-order valence-electron chi connectivity index (χ4n) is 5.75. The molecule has 13 heteroatoms. The van der Waals surface area contributed by atoms with E-state index in [1.807, 2.05) is 15.8 Å². The molecule has 3 fully saturated rings. The van der Waals surface area contributed by atoms with Gasteiger partial charge in [-0.05, 0) is 18.6 Å². The Morgan fingerprint density at radius 1 is 1.24 bits per heavy atom. The topological polar surface area (TPSA) is 118 Å². The van der Waals surface area contributed by atoms with Crippen LogP contribution in [0.25, 0.3) is 11.0 Å². The number of hydrogen-bond acceptors (Lipinski definition) is 10. The number of aromatic nitrogens is 4. The Labute approximate surface area is 230 Å². The van der Waals surface area contributed by atoms with Crippen LogP contribution in [0.5, 0.6) is 0 Å². The highest BCUT2D eigenvalue weighted by Crippen LogP contribution is 2.38. The SMILES string of the molecule is CCSc1nc(N2CCOCC2)c2cnn(CCNC(=O)CC3CSC4=NC5CCCCC5C(=O)N43)c2n1. The summed E-state index contributed by atoms with van der Waals surface area (Å²) < 4.78 is 7.36. The summed E-state index contributed by atoms with van der Waals surface area (Å²) in [6, 6.07) is 0.00685. The molecule has 0 radical (unpaired) electrons. The minimum Gasteiger partial charge on any atom is -0.378 e. The number of amidine groups is 1. The summed E-state index contributed by atoms with van der Waals surface area (Å²) in [5.41, 5.74) is 0.778. The molecule has 6 rings (SSSR count). The Morgan fingerprint density at radius 2 is 2.08 bits per heavy atom. The van der Waals surface area contributed by atoms with Gasteiger partial charge in [0, 0.05) is 31.8 Å². The number of carbonyl (C=O) groups excluding carboxylic acids is 2. The van der Waals surface area contributed by atoms with Crippen LogP contribution >= 0.6 is 23.5 Å². The second-order valence-corrected chi connectivity index (χ2v) is 12.3. The Balaban J connectivity index is 1.09. The van der Waals surface area contributed by atoms with E-state index in [2.05, 4.69) is 22.2 Å². The molecule has 5 heterocycles. The molecule has 0 bridgehead atoms. The van der Waals surface area contributed by atoms with E-state index >= 15 is 0 Å². The van der Waals surface area contributed by atoms with Crippen LogP contribution in [0.3, 0.4) is 0 Å². The van der Waals surface area contributed by atoms with Crippen LogP contribution < -0.4 is 10.2 Å². The van der Waals surface area contributed by atoms with E-state index in [4.69, 9.17) is 19.7 Å². The molecule has 11 nitrogen and oxygen atoms in total. The van der Waals surface area contributed by atoms with E-state index in [0.29, 0.717) is 26.3 Å². The molecule has 2 aromatic rings. The average molecular weight is 559 g/mol. The minimum atomic E-state index is -0.128. The number of anilines is 1. The smallest absolute Gasteiger partial charge is 0.234 e. The number of ether oxygens (including phenoxy) is 1. The van der Waals surface area contributed by atoms with Crippen LogP contribution in [0.15, 0.2) is 16.3 Å². The first-order valence-corrected chi connectivity index (χ1v) is 15.6. The molecule has 38 heavy (non-hydrogen) atoms. The first-order chi connectivity index (χ1) is 18.6. The number of thioether (sulfide) groups is 2. The highest BCUT2D eigenvalue weighted by atomic mass is 32.2. The molecule has 2 amide bonds. The summed E-state index contributed by atoms with van der Waals surface area (Å²) in [6.45, 7) is 5.96. The third-order valence-corrected chi connectivity index (χ3v) is 9.48. The first kappa shape index (κ1) is 25.9. The van der Waals surface area contributed by atoms with Crippen molar-refractivity contribution in [2.24, 2.45) is 10.9 Å². The summed E-state index contributed by atoms with van der Waals surface area (Å²) in [5.74, 6) is 2.60. The Hall–Kier alpha value is -2.38. The Kier molecular flexibility index (Phi) is 7.75. The van der Waals surface area contributed by atoms with Crippen molar-refractivity contribution in [2.45, 2.75) is 62.8 Å². The minimum absolute atomic E-state index is 0.00929. The number of aliphatic imine (C=N–C) groups is 1. The molecule has 2 saturated heterocycles. The van der Waals surface area contributed by atoms with E-state index in [-0.39, 0.29) is 36.2 Å². The lowest BCUT2D eigenvalue weighted by atomic mass is 9.83. The molecule has 3 aliphatic heterocycles. The standard InChI is InChI=1S/C25H34N8O3S2/c1-2-37-24-29-21(31-9-11-36-12-10-31)18-14-27-32(22(18)30-24)8-7-26-20(34)13-16-15-38-25-28-19-6-4-3-5-17(19)23(35)33(16)25/h14,16-17,19H,2-13,15H2,1H3,(H,26,34). The van der Waals surface area contributed by atoms with E-state index in [9.17, 15) is 9.59 Å². The summed E-state index contributed by atoms with van der Waals surface area (Å²) in [5, 5.41) is 10.1. The van der Waals surface area contributed by atoms with Crippen molar-refractivity contribution in [3.8, 4) is 0 Å². The van der Waals surface area contributed by atoms with Crippen molar-refractivity contribution in [1.29, 1.82) is 0 Å². The van der Waals surface area contributed by atoms with Crippen molar-refractivity contribution in [1.82, 2.24) is 30.0 Å². The number of nitrogens with one attached hydrogen (secondary N) is 1. The predicted molar refractivity (Wildman–Crippen MR) is 149 cm³/mol. The molecule has 3 atom stereocenters. The van der Waals surface area contributed by atoms with Gasteiger partial charge in [0.25, 0.3) is 0 Å². The maximum Gasteiger partial charge on any atom is 0.234 e. The molecule has 204 valence electrons. The van der Waals surface area contributed by atoms with Crippen molar-refractivity contribution in [3.05, 3.63) is 6.20 Å². The van der Waals surface area contributed by atoms with Crippen LogP contribution in [-0.2, 0) is 20.9 Å². The van der Waals surface area contributed by atoms with Gasteiger partial charge in [0.2, 0.25) is 11.8 Å². The predicted octanol–water partition coefficient (Wildman–Crippen LogP) is 2.15. The number of amides is 2. The lowest BCUT2D eigenvalue weighted by molar-refractivity contribution is -0.135. The molecule has 1 N–H and O–H groups in total. The molecular formula is C25H34N8O3S2. The lowest BCUT2D eigenvalue weighted by Crippen LogP contribution is -2.51. The number of hydrogen-bond donors (Lipinski definition) is 1. The number of rotatable bonds is 8. The van der Waals surface area contributed by atoms with Crippen LogP contribution in [0.2, 0.25) is 0 Å². The summed E-state index contributed by atoms with van der Waals surface area (Å²) in [6.07, 6.45) is 6.25. The van der Waals surface area contributed by atoms with Gasteiger partial charge < -0.3 is 15.0 Å². The first-order valence-electron chi connectivity index (χ1n) is 13.6. The summed E-state index contributed by atoms with van der Waals surface area (Å²) in [7, 11) is 0. The zero-order valence-corrected chi connectivity index (χ0v) is 23.3. The van der Waals surface area contributed by atoms with Gasteiger partial charge in [0.1, 0.15) is 5.82 Å². The normalized spacial score (nSPS) is 25.3. The van der Waals surface area contributed by atoms with Crippen LogP contribution in [0, 0.1) is 5.92 Å². The summed E-state index contributed by atoms with van der Waals surface area (Å²) in [4.78, 5) is 44.6. The highest BCUT2D eigenvalue weighted by Gasteiger charge is 2.45. The second kappa shape index (κ2) is 11.4. The van der Waals surface area contributed by atoms with E-state index in [1.165, 1.54) is 0 Å². The van der Waals surface area contributed by atoms with Gasteiger partial charge in [-0.3, -0.25) is 19.5 Å². The molecule has 0 spiro atoms. The zero-order chi connectivity index (χ0) is 26.1. The van der Waals surface area contributed by atoms with Gasteiger partial charge in [-0.15, -0.1) is 0 Å². The number of carbonyl (C=O) groups is 2. The van der Waals surface area contributed by atoms with Crippen LogP contribution in [0.1, 0.15) is 39.0 Å². The maximum absolute atomic E-state index is 13.2. The van der Waals surface area contributed by atoms with Gasteiger partial charge in [-0.1, -0.05) is 43.3 Å². The number of morpholine rings is 1. The molecule has 2 aromatic heterocycles. The largest absolute Gasteiger partial charge is 0.378 e. The molecular weight excluding hydrogens is 524 g/mol. The van der Waals surface area contributed by atoms with E-state index < -0.39 is 0 Å². The van der Waals surface area contributed by atoms with Gasteiger partial charge in [0.15, 0.2) is 16.0 Å². The fourth-order valence-corrected chi connectivity index (χ4v) is 7.51. The van der Waals surface area contributed by atoms with Crippen molar-refractivity contribution >= 4 is 57.4 Å². The van der Waals surface area contributed by atoms with E-state index in [0.717, 1.165) is 77.5 Å². The Bertz CT molecular complexity index is 1230. The average Bonchev–Trinajstić information content (AvgIpc) is 3.53. The van der Waals surface area contributed by atoms with Gasteiger partial charge in [0.05, 0.1) is 49.3 Å². The summed E-state index contributed by atoms with van der Waals surface area (Å²) >= 11 is 3.22. The van der Waals surface area contributed by atoms with Crippen molar-refractivity contribution in [3.63, 3.8) is 0 Å². The van der Waals surface area contributed by atoms with Gasteiger partial charge in [-0.25, -0.2) is 14.6 Å². The Morgan fingerprint density at radius 3 is 2.92 bits per heavy atom. The molecule has 4 aliphatic rings. The van der Waals surface area contributed by atoms with E-state index in [1.54, 1.807) is 23.5 Å². The molecule has 3 unspecified atom stereocenters. The van der Waals surface area contributed by atoms with Crippen LogP contribution in [0.4, 0.5) is 5.82 Å². The molecule has 1 aliphatic carbocycles. The van der Waals surface area contributed by atoms with Crippen molar-refractivity contribution < 1.29 is 14.3 Å².